The van der Waals surface area contributed by atoms with Crippen molar-refractivity contribution in [2.24, 2.45) is 5.92 Å². The second kappa shape index (κ2) is 7.30. The molecule has 17 heavy (non-hydrogen) atoms. The van der Waals surface area contributed by atoms with Gasteiger partial charge in [0.15, 0.2) is 0 Å². The normalized spacial score (nSPS) is 12.2. The molecule has 0 aliphatic carbocycles. The van der Waals surface area contributed by atoms with Crippen LogP contribution in [0.4, 0.5) is 0 Å². The average Bonchev–Trinajstić information content (AvgIpc) is 2.34. The van der Waals surface area contributed by atoms with Crippen molar-refractivity contribution in [1.29, 1.82) is 0 Å². The number of carbonyl (C=O) groups is 1. The predicted octanol–water partition coefficient (Wildman–Crippen LogP) is 2.63. The number of carbonyl (C=O) groups excluding carboxylic acids is 1. The summed E-state index contributed by atoms with van der Waals surface area (Å²) < 4.78 is 5.20. The van der Waals surface area contributed by atoms with Gasteiger partial charge in [-0.15, -0.1) is 0 Å². The van der Waals surface area contributed by atoms with Gasteiger partial charge in [0.1, 0.15) is 6.61 Å². The lowest BCUT2D eigenvalue weighted by atomic mass is 10.2. The van der Waals surface area contributed by atoms with E-state index in [1.807, 2.05) is 26.0 Å². The first-order chi connectivity index (χ1) is 8.13. The van der Waals surface area contributed by atoms with Crippen molar-refractivity contribution >= 4 is 17.6 Å². The summed E-state index contributed by atoms with van der Waals surface area (Å²) in [6, 6.07) is 7.27. The van der Waals surface area contributed by atoms with Gasteiger partial charge in [0.2, 0.25) is 0 Å². The van der Waals surface area contributed by atoms with Gasteiger partial charge in [-0.1, -0.05) is 37.6 Å². The lowest BCUT2D eigenvalue weighted by Gasteiger charge is -2.11. The van der Waals surface area contributed by atoms with E-state index in [0.717, 1.165) is 12.1 Å². The zero-order valence-electron chi connectivity index (χ0n) is 10.2. The zero-order chi connectivity index (χ0) is 12.7. The Bertz CT molecular complexity index is 351. The van der Waals surface area contributed by atoms with Gasteiger partial charge in [0.25, 0.3) is 0 Å². The molecule has 0 bridgehead atoms. The quantitative estimate of drug-likeness (QED) is 0.795. The van der Waals surface area contributed by atoms with E-state index < -0.39 is 0 Å². The Hall–Kier alpha value is -1.06. The summed E-state index contributed by atoms with van der Waals surface area (Å²) in [5.74, 6) is -0.303. The summed E-state index contributed by atoms with van der Waals surface area (Å²) in [4.78, 5) is 11.6. The van der Waals surface area contributed by atoms with Gasteiger partial charge < -0.3 is 10.1 Å². The Morgan fingerprint density at radius 2 is 2.06 bits per heavy atom. The van der Waals surface area contributed by atoms with Crippen molar-refractivity contribution in [1.82, 2.24) is 5.32 Å². The predicted molar refractivity (Wildman–Crippen MR) is 69.0 cm³/mol. The molecule has 4 heteroatoms. The van der Waals surface area contributed by atoms with Crippen LogP contribution in [0.1, 0.15) is 19.4 Å². The standard InChI is InChI=1S/C13H18ClNO2/c1-3-15-8-10(2)13(16)17-9-11-4-6-12(14)7-5-11/h4-7,10,15H,3,8-9H2,1-2H3. The lowest BCUT2D eigenvalue weighted by molar-refractivity contribution is -0.149. The molecule has 0 aromatic heterocycles. The van der Waals surface area contributed by atoms with Crippen LogP contribution in [-0.4, -0.2) is 19.1 Å². The number of hydrogen-bond acceptors (Lipinski definition) is 3. The van der Waals surface area contributed by atoms with Crippen molar-refractivity contribution in [2.45, 2.75) is 20.5 Å². The van der Waals surface area contributed by atoms with Crippen LogP contribution in [-0.2, 0) is 16.1 Å². The van der Waals surface area contributed by atoms with Crippen molar-refractivity contribution in [3.63, 3.8) is 0 Å². The Morgan fingerprint density at radius 3 is 2.65 bits per heavy atom. The molecule has 0 aliphatic rings. The fourth-order valence-corrected chi connectivity index (χ4v) is 1.45. The zero-order valence-corrected chi connectivity index (χ0v) is 11.0. The molecular weight excluding hydrogens is 238 g/mol. The molecule has 94 valence electrons. The maximum absolute atomic E-state index is 11.6. The smallest absolute Gasteiger partial charge is 0.310 e. The molecule has 0 aliphatic heterocycles. The molecule has 0 saturated heterocycles. The van der Waals surface area contributed by atoms with Crippen LogP contribution in [0.3, 0.4) is 0 Å². The van der Waals surface area contributed by atoms with E-state index in [4.69, 9.17) is 16.3 Å². The fourth-order valence-electron chi connectivity index (χ4n) is 1.32. The molecule has 1 aromatic carbocycles. The average molecular weight is 256 g/mol. The van der Waals surface area contributed by atoms with Gasteiger partial charge in [-0.3, -0.25) is 4.79 Å². The second-order valence-electron chi connectivity index (χ2n) is 3.94. The number of rotatable bonds is 6. The Balaban J connectivity index is 2.34. The van der Waals surface area contributed by atoms with Crippen LogP contribution in [0, 0.1) is 5.92 Å². The van der Waals surface area contributed by atoms with E-state index in [1.54, 1.807) is 12.1 Å². The Kier molecular flexibility index (Phi) is 6.01. The number of esters is 1. The molecule has 1 unspecified atom stereocenters. The third-order valence-corrected chi connectivity index (χ3v) is 2.65. The van der Waals surface area contributed by atoms with Gasteiger partial charge in [0.05, 0.1) is 5.92 Å². The largest absolute Gasteiger partial charge is 0.461 e. The molecular formula is C13H18ClNO2. The molecule has 1 atom stereocenters. The minimum absolute atomic E-state index is 0.123. The summed E-state index contributed by atoms with van der Waals surface area (Å²) in [6.45, 7) is 5.66. The summed E-state index contributed by atoms with van der Waals surface area (Å²) in [7, 11) is 0. The van der Waals surface area contributed by atoms with Crippen molar-refractivity contribution < 1.29 is 9.53 Å². The van der Waals surface area contributed by atoms with Gasteiger partial charge >= 0.3 is 5.97 Å². The van der Waals surface area contributed by atoms with E-state index in [1.165, 1.54) is 0 Å². The van der Waals surface area contributed by atoms with Gasteiger partial charge in [-0.25, -0.2) is 0 Å². The van der Waals surface area contributed by atoms with Crippen LogP contribution in [0.2, 0.25) is 5.02 Å². The molecule has 0 spiro atoms. The van der Waals surface area contributed by atoms with Crippen molar-refractivity contribution in [3.8, 4) is 0 Å². The Morgan fingerprint density at radius 1 is 1.41 bits per heavy atom. The number of nitrogens with one attached hydrogen (secondary N) is 1. The maximum atomic E-state index is 11.6. The molecule has 3 nitrogen and oxygen atoms in total. The summed E-state index contributed by atoms with van der Waals surface area (Å²) in [5, 5.41) is 3.80. The van der Waals surface area contributed by atoms with E-state index in [0.29, 0.717) is 18.2 Å². The topological polar surface area (TPSA) is 38.3 Å². The fraction of sp³-hybridized carbons (Fsp3) is 0.462. The monoisotopic (exact) mass is 255 g/mol. The van der Waals surface area contributed by atoms with Gasteiger partial charge in [-0.2, -0.15) is 0 Å². The molecule has 0 heterocycles. The number of ether oxygens (including phenoxy) is 1. The number of halogens is 1. The van der Waals surface area contributed by atoms with E-state index in [9.17, 15) is 4.79 Å². The first-order valence-electron chi connectivity index (χ1n) is 5.75. The SMILES string of the molecule is CCNCC(C)C(=O)OCc1ccc(Cl)cc1. The van der Waals surface area contributed by atoms with Gasteiger partial charge in [0, 0.05) is 11.6 Å². The third kappa shape index (κ3) is 5.20. The molecule has 0 saturated carbocycles. The minimum Gasteiger partial charge on any atom is -0.461 e. The number of benzene rings is 1. The summed E-state index contributed by atoms with van der Waals surface area (Å²) in [5.41, 5.74) is 0.943. The molecule has 0 amide bonds. The molecule has 1 aromatic rings. The van der Waals surface area contributed by atoms with Crippen molar-refractivity contribution in [2.75, 3.05) is 13.1 Å². The highest BCUT2D eigenvalue weighted by molar-refractivity contribution is 6.30. The van der Waals surface area contributed by atoms with Gasteiger partial charge in [-0.05, 0) is 24.2 Å². The van der Waals surface area contributed by atoms with Crippen LogP contribution in [0.25, 0.3) is 0 Å². The maximum Gasteiger partial charge on any atom is 0.310 e. The highest BCUT2D eigenvalue weighted by Crippen LogP contribution is 2.11. The molecule has 0 radical (unpaired) electrons. The van der Waals surface area contributed by atoms with Crippen molar-refractivity contribution in [3.05, 3.63) is 34.9 Å². The third-order valence-electron chi connectivity index (χ3n) is 2.40. The number of hydrogen-bond donors (Lipinski definition) is 1. The second-order valence-corrected chi connectivity index (χ2v) is 4.38. The molecule has 0 fully saturated rings. The Labute approximate surface area is 107 Å². The van der Waals surface area contributed by atoms with E-state index >= 15 is 0 Å². The molecule has 1 rings (SSSR count). The molecule has 1 N–H and O–H groups in total. The lowest BCUT2D eigenvalue weighted by Crippen LogP contribution is -2.27. The van der Waals surface area contributed by atoms with E-state index in [-0.39, 0.29) is 11.9 Å². The van der Waals surface area contributed by atoms with Crippen LogP contribution in [0.15, 0.2) is 24.3 Å². The highest BCUT2D eigenvalue weighted by Gasteiger charge is 2.13. The highest BCUT2D eigenvalue weighted by atomic mass is 35.5. The van der Waals surface area contributed by atoms with Crippen LogP contribution >= 0.6 is 11.6 Å². The van der Waals surface area contributed by atoms with E-state index in [2.05, 4.69) is 5.32 Å². The first kappa shape index (κ1) is 14.0. The minimum atomic E-state index is -0.180. The summed E-state index contributed by atoms with van der Waals surface area (Å²) >= 11 is 5.77. The van der Waals surface area contributed by atoms with Crippen LogP contribution in [0.5, 0.6) is 0 Å². The summed E-state index contributed by atoms with van der Waals surface area (Å²) in [6.07, 6.45) is 0. The first-order valence-corrected chi connectivity index (χ1v) is 6.13. The van der Waals surface area contributed by atoms with Crippen LogP contribution < -0.4 is 5.32 Å².